The van der Waals surface area contributed by atoms with Crippen LogP contribution in [-0.2, 0) is 0 Å². The number of aromatic nitrogens is 1. The van der Waals surface area contributed by atoms with Crippen molar-refractivity contribution in [3.05, 3.63) is 24.0 Å². The average molecular weight is 263 g/mol. The Morgan fingerprint density at radius 2 is 2.21 bits per heavy atom. The van der Waals surface area contributed by atoms with Gasteiger partial charge in [-0.2, -0.15) is 0 Å². The van der Waals surface area contributed by atoms with Crippen molar-refractivity contribution in [2.24, 2.45) is 5.41 Å². The van der Waals surface area contributed by atoms with Gasteiger partial charge in [0.15, 0.2) is 0 Å². The van der Waals surface area contributed by atoms with Gasteiger partial charge in [-0.3, -0.25) is 9.78 Å². The Labute approximate surface area is 113 Å². The van der Waals surface area contributed by atoms with Gasteiger partial charge < -0.3 is 15.3 Å². The topological polar surface area (TPSA) is 65.5 Å². The van der Waals surface area contributed by atoms with Crippen LogP contribution >= 0.6 is 0 Å². The third kappa shape index (κ3) is 3.44. The predicted octanol–water partition coefficient (Wildman–Crippen LogP) is 1.25. The van der Waals surface area contributed by atoms with E-state index in [0.29, 0.717) is 6.54 Å². The molecule has 1 saturated heterocycles. The summed E-state index contributed by atoms with van der Waals surface area (Å²) in [4.78, 5) is 18.1. The minimum absolute atomic E-state index is 0.0754. The van der Waals surface area contributed by atoms with E-state index in [9.17, 15) is 9.90 Å². The molecular weight excluding hydrogens is 242 g/mol. The third-order valence-corrected chi connectivity index (χ3v) is 3.91. The molecule has 0 bridgehead atoms. The molecule has 0 radical (unpaired) electrons. The van der Waals surface area contributed by atoms with Crippen LogP contribution in [0, 0.1) is 5.41 Å². The van der Waals surface area contributed by atoms with Crippen molar-refractivity contribution in [3.63, 3.8) is 0 Å². The second-order valence-electron chi connectivity index (χ2n) is 5.69. The molecule has 0 unspecified atom stereocenters. The van der Waals surface area contributed by atoms with Gasteiger partial charge in [-0.25, -0.2) is 0 Å². The normalized spacial score (nSPS) is 19.1. The smallest absolute Gasteiger partial charge is 0.255 e. The summed E-state index contributed by atoms with van der Waals surface area (Å²) >= 11 is 0. The summed E-state index contributed by atoms with van der Waals surface area (Å²) in [5.41, 5.74) is 0.427. The molecule has 19 heavy (non-hydrogen) atoms. The highest BCUT2D eigenvalue weighted by Gasteiger charge is 2.29. The number of rotatable bonds is 3. The lowest BCUT2D eigenvalue weighted by atomic mass is 9.80. The fourth-order valence-corrected chi connectivity index (χ4v) is 2.30. The van der Waals surface area contributed by atoms with Crippen LogP contribution in [-0.4, -0.2) is 47.6 Å². The van der Waals surface area contributed by atoms with Gasteiger partial charge in [0.1, 0.15) is 5.75 Å². The first kappa shape index (κ1) is 13.8. The molecule has 0 atom stereocenters. The number of carbonyl (C=O) groups excluding carboxylic acids is 1. The Hall–Kier alpha value is -1.62. The molecule has 104 valence electrons. The Balaban J connectivity index is 1.92. The van der Waals surface area contributed by atoms with Crippen LogP contribution in [0.3, 0.4) is 0 Å². The number of amides is 1. The van der Waals surface area contributed by atoms with Gasteiger partial charge >= 0.3 is 0 Å². The van der Waals surface area contributed by atoms with E-state index in [0.717, 1.165) is 25.9 Å². The average Bonchev–Trinajstić information content (AvgIpc) is 2.41. The van der Waals surface area contributed by atoms with Crippen molar-refractivity contribution < 1.29 is 9.90 Å². The van der Waals surface area contributed by atoms with Gasteiger partial charge in [-0.1, -0.05) is 6.92 Å². The number of hydrogen-bond donors (Lipinski definition) is 2. The van der Waals surface area contributed by atoms with Crippen LogP contribution in [0.4, 0.5) is 0 Å². The molecule has 0 aromatic carbocycles. The molecule has 2 rings (SSSR count). The lowest BCUT2D eigenvalue weighted by molar-refractivity contribution is 0.0889. The van der Waals surface area contributed by atoms with Gasteiger partial charge in [0, 0.05) is 12.7 Å². The van der Waals surface area contributed by atoms with Crippen molar-refractivity contribution in [2.75, 3.05) is 26.7 Å². The van der Waals surface area contributed by atoms with E-state index in [4.69, 9.17) is 0 Å². The molecule has 1 aromatic rings. The summed E-state index contributed by atoms with van der Waals surface area (Å²) in [5, 5.41) is 12.5. The van der Waals surface area contributed by atoms with E-state index in [1.54, 1.807) is 0 Å². The summed E-state index contributed by atoms with van der Waals surface area (Å²) in [6.45, 7) is 4.97. The maximum Gasteiger partial charge on any atom is 0.255 e. The zero-order chi connectivity index (χ0) is 13.9. The first-order valence-electron chi connectivity index (χ1n) is 6.60. The van der Waals surface area contributed by atoms with Crippen LogP contribution in [0.5, 0.6) is 5.75 Å². The van der Waals surface area contributed by atoms with Gasteiger partial charge in [0.2, 0.25) is 0 Å². The highest BCUT2D eigenvalue weighted by Crippen LogP contribution is 2.29. The Bertz CT molecular complexity index is 454. The monoisotopic (exact) mass is 263 g/mol. The zero-order valence-corrected chi connectivity index (χ0v) is 11.5. The van der Waals surface area contributed by atoms with Gasteiger partial charge in [0.05, 0.1) is 11.8 Å². The summed E-state index contributed by atoms with van der Waals surface area (Å²) in [6.07, 6.45) is 4.94. The first-order chi connectivity index (χ1) is 9.00. The van der Waals surface area contributed by atoms with Gasteiger partial charge in [0.25, 0.3) is 5.91 Å². The van der Waals surface area contributed by atoms with Crippen LogP contribution in [0.25, 0.3) is 0 Å². The van der Waals surface area contributed by atoms with E-state index in [2.05, 4.69) is 29.2 Å². The highest BCUT2D eigenvalue weighted by atomic mass is 16.3. The lowest BCUT2D eigenvalue weighted by Crippen LogP contribution is -2.43. The number of nitrogens with zero attached hydrogens (tertiary/aromatic N) is 2. The SMILES string of the molecule is CN1CCC(C)(CNC(=O)c2ccncc2O)CC1. The van der Waals surface area contributed by atoms with Crippen LogP contribution in [0.15, 0.2) is 18.5 Å². The molecule has 1 aromatic heterocycles. The zero-order valence-electron chi connectivity index (χ0n) is 11.5. The number of nitrogens with one attached hydrogen (secondary N) is 1. The summed E-state index contributed by atoms with van der Waals surface area (Å²) in [6, 6.07) is 1.53. The third-order valence-electron chi connectivity index (χ3n) is 3.91. The summed E-state index contributed by atoms with van der Waals surface area (Å²) in [7, 11) is 2.12. The Kier molecular flexibility index (Phi) is 4.04. The van der Waals surface area contributed by atoms with Crippen molar-refractivity contribution in [2.45, 2.75) is 19.8 Å². The second-order valence-corrected chi connectivity index (χ2v) is 5.69. The van der Waals surface area contributed by atoms with E-state index in [1.807, 2.05) is 0 Å². The standard InChI is InChI=1S/C14H21N3O2/c1-14(4-7-17(2)8-5-14)10-16-13(19)11-3-6-15-9-12(11)18/h3,6,9,18H,4-5,7-8,10H2,1-2H3,(H,16,19). The molecule has 0 aliphatic carbocycles. The molecule has 5 heteroatoms. The molecule has 0 spiro atoms. The molecule has 1 amide bonds. The minimum Gasteiger partial charge on any atom is -0.505 e. The number of aromatic hydroxyl groups is 1. The van der Waals surface area contributed by atoms with Crippen molar-refractivity contribution in [3.8, 4) is 5.75 Å². The molecule has 2 N–H and O–H groups in total. The molecule has 1 fully saturated rings. The Morgan fingerprint density at radius 3 is 2.84 bits per heavy atom. The van der Waals surface area contributed by atoms with Crippen LogP contribution < -0.4 is 5.32 Å². The largest absolute Gasteiger partial charge is 0.505 e. The molecule has 1 aliphatic heterocycles. The number of pyridine rings is 1. The summed E-state index contributed by atoms with van der Waals surface area (Å²) in [5.74, 6) is -0.311. The van der Waals surface area contributed by atoms with E-state index in [-0.39, 0.29) is 22.6 Å². The fraction of sp³-hybridized carbons (Fsp3) is 0.571. The number of hydrogen-bond acceptors (Lipinski definition) is 4. The fourth-order valence-electron chi connectivity index (χ4n) is 2.30. The quantitative estimate of drug-likeness (QED) is 0.861. The Morgan fingerprint density at radius 1 is 1.53 bits per heavy atom. The highest BCUT2D eigenvalue weighted by molar-refractivity contribution is 5.96. The first-order valence-corrected chi connectivity index (χ1v) is 6.60. The minimum atomic E-state index is -0.236. The molecule has 0 saturated carbocycles. The van der Waals surface area contributed by atoms with Crippen molar-refractivity contribution in [1.29, 1.82) is 0 Å². The van der Waals surface area contributed by atoms with E-state index < -0.39 is 0 Å². The van der Waals surface area contributed by atoms with Gasteiger partial charge in [-0.05, 0) is 44.5 Å². The maximum atomic E-state index is 12.0. The molecule has 5 nitrogen and oxygen atoms in total. The summed E-state index contributed by atoms with van der Waals surface area (Å²) < 4.78 is 0. The van der Waals surface area contributed by atoms with Crippen LogP contribution in [0.2, 0.25) is 0 Å². The second kappa shape index (κ2) is 5.57. The number of piperidine rings is 1. The lowest BCUT2D eigenvalue weighted by Gasteiger charge is -2.37. The van der Waals surface area contributed by atoms with Crippen LogP contribution in [0.1, 0.15) is 30.1 Å². The van der Waals surface area contributed by atoms with Crippen molar-refractivity contribution >= 4 is 5.91 Å². The van der Waals surface area contributed by atoms with E-state index >= 15 is 0 Å². The van der Waals surface area contributed by atoms with Crippen molar-refractivity contribution in [1.82, 2.24) is 15.2 Å². The van der Waals surface area contributed by atoms with Gasteiger partial charge in [-0.15, -0.1) is 0 Å². The maximum absolute atomic E-state index is 12.0. The number of likely N-dealkylation sites (tertiary alicyclic amines) is 1. The molecule has 1 aliphatic rings. The molecular formula is C14H21N3O2. The molecule has 2 heterocycles. The predicted molar refractivity (Wildman–Crippen MR) is 73.1 cm³/mol. The van der Waals surface area contributed by atoms with E-state index in [1.165, 1.54) is 18.5 Å². The number of carbonyl (C=O) groups is 1.